The van der Waals surface area contributed by atoms with Crippen molar-refractivity contribution >= 4 is 40.1 Å². The van der Waals surface area contributed by atoms with Crippen molar-refractivity contribution in [1.29, 1.82) is 0 Å². The van der Waals surface area contributed by atoms with E-state index in [0.29, 0.717) is 0 Å². The van der Waals surface area contributed by atoms with Gasteiger partial charge in [0.15, 0.2) is 5.13 Å². The van der Waals surface area contributed by atoms with Gasteiger partial charge in [-0.15, -0.1) is 11.3 Å². The third kappa shape index (κ3) is 6.55. The molecule has 0 fully saturated rings. The molecule has 0 atom stereocenters. The maximum Gasteiger partial charge on any atom is 0.426 e. The highest BCUT2D eigenvalue weighted by atomic mass is 32.1. The summed E-state index contributed by atoms with van der Waals surface area (Å²) in [6, 6.07) is 0. The number of ether oxygens (including phenoxy) is 1. The van der Waals surface area contributed by atoms with Gasteiger partial charge in [-0.3, -0.25) is 10.2 Å². The molecule has 26 heavy (non-hydrogen) atoms. The van der Waals surface area contributed by atoms with E-state index in [4.69, 9.17) is 15.3 Å². The number of thiazole rings is 1. The van der Waals surface area contributed by atoms with Gasteiger partial charge in [0.05, 0.1) is 0 Å². The van der Waals surface area contributed by atoms with Gasteiger partial charge in [-0.05, 0) is 34.6 Å². The first-order chi connectivity index (χ1) is 11.8. The van der Waals surface area contributed by atoms with Crippen molar-refractivity contribution in [3.05, 3.63) is 11.1 Å². The second kappa shape index (κ2) is 7.99. The summed E-state index contributed by atoms with van der Waals surface area (Å²) in [5.74, 6) is -2.19. The number of aromatic nitrogens is 1. The van der Waals surface area contributed by atoms with E-state index in [0.717, 1.165) is 11.3 Å². The Kier molecular flexibility index (Phi) is 6.50. The number of hydrogen-bond donors (Lipinski definition) is 4. The maximum atomic E-state index is 12.1. The Labute approximate surface area is 153 Å². The number of rotatable bonds is 5. The minimum absolute atomic E-state index is 0.00286. The van der Waals surface area contributed by atoms with Crippen LogP contribution < -0.4 is 16.6 Å². The lowest BCUT2D eigenvalue weighted by molar-refractivity contribution is -0.144. The Morgan fingerprint density at radius 1 is 1.23 bits per heavy atom. The van der Waals surface area contributed by atoms with Crippen molar-refractivity contribution in [2.45, 2.75) is 45.8 Å². The molecular weight excluding hydrogens is 366 g/mol. The van der Waals surface area contributed by atoms with Crippen LogP contribution in [0.25, 0.3) is 0 Å². The number of carboxylic acids is 1. The lowest BCUT2D eigenvalue weighted by atomic mass is 10.1. The van der Waals surface area contributed by atoms with Gasteiger partial charge in [0.25, 0.3) is 5.91 Å². The zero-order chi connectivity index (χ0) is 20.1. The van der Waals surface area contributed by atoms with Gasteiger partial charge in [0, 0.05) is 5.38 Å². The average molecular weight is 387 g/mol. The lowest BCUT2D eigenvalue weighted by Gasteiger charge is -2.23. The normalized spacial score (nSPS) is 12.3. The summed E-state index contributed by atoms with van der Waals surface area (Å²) in [5.41, 5.74) is 6.77. The molecule has 1 heterocycles. The largest absolute Gasteiger partial charge is 0.476 e. The third-order valence-corrected chi connectivity index (χ3v) is 3.23. The molecule has 5 N–H and O–H groups in total. The van der Waals surface area contributed by atoms with E-state index >= 15 is 0 Å². The molecular formula is C14H21N5O6S. The highest BCUT2D eigenvalue weighted by Crippen LogP contribution is 2.15. The maximum absolute atomic E-state index is 12.1. The molecule has 12 heteroatoms. The van der Waals surface area contributed by atoms with E-state index in [9.17, 15) is 19.5 Å². The number of anilines is 1. The summed E-state index contributed by atoms with van der Waals surface area (Å²) < 4.78 is 4.96. The number of nitrogens with two attached hydrogens (primary N) is 1. The van der Waals surface area contributed by atoms with Crippen molar-refractivity contribution < 1.29 is 29.1 Å². The molecule has 1 rings (SSSR count). The predicted octanol–water partition coefficient (Wildman–Crippen LogP) is 0.865. The molecule has 0 aliphatic heterocycles. The molecule has 2 amide bonds. The van der Waals surface area contributed by atoms with Crippen LogP contribution in [0.4, 0.5) is 9.93 Å². The quantitative estimate of drug-likeness (QED) is 0.426. The molecule has 0 radical (unpaired) electrons. The van der Waals surface area contributed by atoms with E-state index in [1.165, 1.54) is 19.2 Å². The Morgan fingerprint density at radius 2 is 1.85 bits per heavy atom. The molecule has 0 saturated carbocycles. The number of hydrogen-bond acceptors (Lipinski definition) is 9. The number of carbonyl (C=O) groups excluding carboxylic acids is 2. The minimum atomic E-state index is -1.60. The number of hydrazine groups is 1. The van der Waals surface area contributed by atoms with E-state index < -0.39 is 34.9 Å². The number of nitrogens with one attached hydrogen (secondary N) is 2. The Bertz CT molecular complexity index is 722. The molecule has 0 aromatic carbocycles. The molecule has 0 saturated heterocycles. The molecule has 1 aromatic heterocycles. The van der Waals surface area contributed by atoms with Crippen LogP contribution in [0.5, 0.6) is 0 Å². The summed E-state index contributed by atoms with van der Waals surface area (Å²) in [6.07, 6.45) is -0.866. The van der Waals surface area contributed by atoms with Crippen LogP contribution in [0.15, 0.2) is 10.5 Å². The molecule has 0 unspecified atom stereocenters. The smallest absolute Gasteiger partial charge is 0.426 e. The van der Waals surface area contributed by atoms with Crippen molar-refractivity contribution in [1.82, 2.24) is 15.8 Å². The summed E-state index contributed by atoms with van der Waals surface area (Å²) in [7, 11) is 0. The second-order valence-electron chi connectivity index (χ2n) is 6.50. The molecule has 0 bridgehead atoms. The highest BCUT2D eigenvalue weighted by molar-refractivity contribution is 7.13. The lowest BCUT2D eigenvalue weighted by Crippen LogP contribution is -2.52. The fourth-order valence-corrected chi connectivity index (χ4v) is 1.90. The second-order valence-corrected chi connectivity index (χ2v) is 7.39. The molecule has 0 aliphatic carbocycles. The number of nitrogens with zero attached hydrogens (tertiary/aromatic N) is 2. The number of carbonyl (C=O) groups is 3. The number of aliphatic carboxylic acids is 1. The van der Waals surface area contributed by atoms with Crippen molar-refractivity contribution in [2.75, 3.05) is 5.73 Å². The van der Waals surface area contributed by atoms with Crippen molar-refractivity contribution in [3.63, 3.8) is 0 Å². The summed E-state index contributed by atoms with van der Waals surface area (Å²) in [6.45, 7) is 7.65. The molecule has 0 spiro atoms. The van der Waals surface area contributed by atoms with E-state index in [1.54, 1.807) is 20.8 Å². The zero-order valence-corrected chi connectivity index (χ0v) is 15.8. The van der Waals surface area contributed by atoms with Crippen molar-refractivity contribution in [2.24, 2.45) is 5.16 Å². The average Bonchev–Trinajstić information content (AvgIpc) is 2.88. The van der Waals surface area contributed by atoms with Crippen LogP contribution in [0, 0.1) is 0 Å². The molecule has 11 nitrogen and oxygen atoms in total. The zero-order valence-electron chi connectivity index (χ0n) is 14.9. The predicted molar refractivity (Wildman–Crippen MR) is 93.4 cm³/mol. The highest BCUT2D eigenvalue weighted by Gasteiger charge is 2.32. The molecule has 1 aromatic rings. The fourth-order valence-electron chi connectivity index (χ4n) is 1.35. The van der Waals surface area contributed by atoms with Gasteiger partial charge in [-0.1, -0.05) is 5.16 Å². The van der Waals surface area contributed by atoms with Gasteiger partial charge >= 0.3 is 12.1 Å². The Balaban J connectivity index is 2.75. The first kappa shape index (κ1) is 21.2. The van der Waals surface area contributed by atoms with Crippen LogP contribution in [-0.2, 0) is 19.2 Å². The van der Waals surface area contributed by atoms with Crippen LogP contribution in [0.2, 0.25) is 0 Å². The first-order valence-corrected chi connectivity index (χ1v) is 8.20. The third-order valence-electron chi connectivity index (χ3n) is 2.56. The number of carboxylic acid groups (broad SMARTS) is 1. The van der Waals surface area contributed by atoms with E-state index in [-0.39, 0.29) is 10.8 Å². The van der Waals surface area contributed by atoms with Crippen LogP contribution in [0.1, 0.15) is 40.3 Å². The SMILES string of the molecule is CC(C)(C)OC(=O)NNC(=O)C(C)(C)ON=C(C(=O)O)c1csc(N)n1. The van der Waals surface area contributed by atoms with Gasteiger partial charge in [-0.2, -0.15) is 0 Å². The Hall–Kier alpha value is -2.89. The van der Waals surface area contributed by atoms with E-state index in [1.807, 2.05) is 0 Å². The van der Waals surface area contributed by atoms with Gasteiger partial charge < -0.3 is 20.4 Å². The number of nitrogen functional groups attached to an aromatic ring is 1. The van der Waals surface area contributed by atoms with Gasteiger partial charge in [0.2, 0.25) is 11.3 Å². The standard InChI is InChI=1S/C14H21N5O6S/c1-13(2,3)24-12(23)18-17-10(22)14(4,5)25-19-8(9(20)21)7-6-26-11(15)16-7/h6H,1-5H3,(H2,15,16)(H,17,22)(H,18,23)(H,20,21). The fraction of sp³-hybridized carbons (Fsp3) is 0.500. The summed E-state index contributed by atoms with van der Waals surface area (Å²) in [4.78, 5) is 43.7. The van der Waals surface area contributed by atoms with E-state index in [2.05, 4.69) is 21.0 Å². The number of oxime groups is 1. The molecule has 144 valence electrons. The first-order valence-electron chi connectivity index (χ1n) is 7.32. The van der Waals surface area contributed by atoms with Gasteiger partial charge in [-0.25, -0.2) is 20.0 Å². The Morgan fingerprint density at radius 3 is 2.31 bits per heavy atom. The number of amides is 2. The summed E-state index contributed by atoms with van der Waals surface area (Å²) >= 11 is 1.03. The van der Waals surface area contributed by atoms with Crippen LogP contribution in [0.3, 0.4) is 0 Å². The monoisotopic (exact) mass is 387 g/mol. The summed E-state index contributed by atoms with van der Waals surface area (Å²) in [5, 5.41) is 14.2. The molecule has 0 aliphatic rings. The van der Waals surface area contributed by atoms with Crippen LogP contribution in [-0.4, -0.2) is 45.0 Å². The topological polar surface area (TPSA) is 165 Å². The van der Waals surface area contributed by atoms with Crippen LogP contribution >= 0.6 is 11.3 Å². The minimum Gasteiger partial charge on any atom is -0.476 e. The van der Waals surface area contributed by atoms with Crippen molar-refractivity contribution in [3.8, 4) is 0 Å². The van der Waals surface area contributed by atoms with Gasteiger partial charge in [0.1, 0.15) is 11.3 Å².